The molecule has 2 aliphatic rings. The molecule has 116 valence electrons. The molecule has 1 saturated heterocycles. The van der Waals surface area contributed by atoms with Gasteiger partial charge in [0.2, 0.25) is 0 Å². The van der Waals surface area contributed by atoms with Crippen LogP contribution in [0.1, 0.15) is 40.9 Å². The lowest BCUT2D eigenvalue weighted by molar-refractivity contribution is 0.481. The zero-order chi connectivity index (χ0) is 15.3. The fraction of sp³-hybridized carbons (Fsp3) is 0.562. The van der Waals surface area contributed by atoms with E-state index in [4.69, 9.17) is 4.98 Å². The standard InChI is InChI=1S/C16H22N6/c1-10-6-11(2)22(20-10)13-4-5-21(9-13)16-14-7-17-8-15(14)18-12(3)19-16/h6,13,17H,4-5,7-9H2,1-3H3/t13-/m0/s1. The van der Waals surface area contributed by atoms with E-state index in [1.165, 1.54) is 11.3 Å². The molecule has 2 aliphatic heterocycles. The zero-order valence-corrected chi connectivity index (χ0v) is 13.4. The highest BCUT2D eigenvalue weighted by atomic mass is 15.3. The number of anilines is 1. The van der Waals surface area contributed by atoms with Gasteiger partial charge in [0.05, 0.1) is 17.4 Å². The number of aromatic nitrogens is 4. The molecule has 2 aromatic rings. The molecule has 0 aromatic carbocycles. The summed E-state index contributed by atoms with van der Waals surface area (Å²) in [5.41, 5.74) is 4.78. The Morgan fingerprint density at radius 3 is 2.82 bits per heavy atom. The third-order valence-electron chi connectivity index (χ3n) is 4.63. The molecule has 0 radical (unpaired) electrons. The molecule has 6 heteroatoms. The molecular weight excluding hydrogens is 276 g/mol. The molecule has 0 spiro atoms. The van der Waals surface area contributed by atoms with Crippen LogP contribution in [0.3, 0.4) is 0 Å². The molecule has 0 unspecified atom stereocenters. The maximum atomic E-state index is 4.73. The first-order valence-electron chi connectivity index (χ1n) is 7.96. The van der Waals surface area contributed by atoms with E-state index in [1.54, 1.807) is 0 Å². The topological polar surface area (TPSA) is 58.9 Å². The van der Waals surface area contributed by atoms with Gasteiger partial charge >= 0.3 is 0 Å². The van der Waals surface area contributed by atoms with Gasteiger partial charge in [0.1, 0.15) is 11.6 Å². The molecule has 0 amide bonds. The quantitative estimate of drug-likeness (QED) is 0.913. The van der Waals surface area contributed by atoms with Gasteiger partial charge in [-0.05, 0) is 33.3 Å². The molecule has 0 bridgehead atoms. The monoisotopic (exact) mass is 298 g/mol. The molecule has 1 fully saturated rings. The number of aryl methyl sites for hydroxylation is 3. The van der Waals surface area contributed by atoms with Crippen molar-refractivity contribution in [3.8, 4) is 0 Å². The van der Waals surface area contributed by atoms with Crippen LogP contribution in [0.25, 0.3) is 0 Å². The third-order valence-corrected chi connectivity index (χ3v) is 4.63. The van der Waals surface area contributed by atoms with Crippen molar-refractivity contribution in [3.05, 3.63) is 34.5 Å². The summed E-state index contributed by atoms with van der Waals surface area (Å²) in [6.07, 6.45) is 1.12. The van der Waals surface area contributed by atoms with Crippen molar-refractivity contribution < 1.29 is 0 Å². The lowest BCUT2D eigenvalue weighted by atomic mass is 10.2. The Bertz CT molecular complexity index is 720. The second kappa shape index (κ2) is 5.05. The summed E-state index contributed by atoms with van der Waals surface area (Å²) in [6, 6.07) is 2.59. The fourth-order valence-electron chi connectivity index (χ4n) is 3.68. The van der Waals surface area contributed by atoms with Crippen molar-refractivity contribution in [2.45, 2.75) is 46.3 Å². The lowest BCUT2D eigenvalue weighted by Crippen LogP contribution is -2.24. The van der Waals surface area contributed by atoms with Crippen LogP contribution in [0.5, 0.6) is 0 Å². The van der Waals surface area contributed by atoms with Gasteiger partial charge in [0, 0.05) is 37.4 Å². The van der Waals surface area contributed by atoms with E-state index < -0.39 is 0 Å². The Hall–Kier alpha value is -1.95. The average Bonchev–Trinajstić information content (AvgIpc) is 3.17. The number of hydrogen-bond donors (Lipinski definition) is 1. The van der Waals surface area contributed by atoms with Gasteiger partial charge in [-0.1, -0.05) is 0 Å². The number of nitrogens with zero attached hydrogens (tertiary/aromatic N) is 5. The molecule has 0 aliphatic carbocycles. The van der Waals surface area contributed by atoms with Gasteiger partial charge in [-0.3, -0.25) is 4.68 Å². The fourth-order valence-corrected chi connectivity index (χ4v) is 3.68. The van der Waals surface area contributed by atoms with E-state index in [2.05, 4.69) is 44.9 Å². The minimum absolute atomic E-state index is 0.439. The highest BCUT2D eigenvalue weighted by Gasteiger charge is 2.30. The van der Waals surface area contributed by atoms with E-state index in [1.807, 2.05) is 6.92 Å². The van der Waals surface area contributed by atoms with Crippen LogP contribution in [0.2, 0.25) is 0 Å². The van der Waals surface area contributed by atoms with Gasteiger partial charge < -0.3 is 10.2 Å². The van der Waals surface area contributed by atoms with Crippen molar-refractivity contribution in [2.24, 2.45) is 0 Å². The molecule has 22 heavy (non-hydrogen) atoms. The minimum atomic E-state index is 0.439. The highest BCUT2D eigenvalue weighted by Crippen LogP contribution is 2.31. The van der Waals surface area contributed by atoms with Gasteiger partial charge in [0.25, 0.3) is 0 Å². The van der Waals surface area contributed by atoms with Crippen molar-refractivity contribution >= 4 is 5.82 Å². The van der Waals surface area contributed by atoms with Crippen molar-refractivity contribution in [2.75, 3.05) is 18.0 Å². The first kappa shape index (κ1) is 13.7. The molecule has 6 nitrogen and oxygen atoms in total. The Balaban J connectivity index is 1.62. The molecule has 1 N–H and O–H groups in total. The summed E-state index contributed by atoms with van der Waals surface area (Å²) in [4.78, 5) is 11.7. The van der Waals surface area contributed by atoms with Crippen LogP contribution in [0, 0.1) is 20.8 Å². The van der Waals surface area contributed by atoms with Crippen molar-refractivity contribution in [1.82, 2.24) is 25.1 Å². The maximum absolute atomic E-state index is 4.73. The van der Waals surface area contributed by atoms with E-state index in [0.717, 1.165) is 55.6 Å². The van der Waals surface area contributed by atoms with Crippen LogP contribution >= 0.6 is 0 Å². The lowest BCUT2D eigenvalue weighted by Gasteiger charge is -2.21. The smallest absolute Gasteiger partial charge is 0.137 e. The largest absolute Gasteiger partial charge is 0.354 e. The van der Waals surface area contributed by atoms with Crippen LogP contribution in [0.15, 0.2) is 6.07 Å². The zero-order valence-electron chi connectivity index (χ0n) is 13.4. The number of fused-ring (bicyclic) bond motifs is 1. The van der Waals surface area contributed by atoms with Gasteiger partial charge in [-0.15, -0.1) is 0 Å². The Kier molecular flexibility index (Phi) is 3.14. The summed E-state index contributed by atoms with van der Waals surface area (Å²) >= 11 is 0. The van der Waals surface area contributed by atoms with Crippen LogP contribution in [-0.4, -0.2) is 32.8 Å². The second-order valence-corrected chi connectivity index (χ2v) is 6.38. The SMILES string of the molecule is Cc1cc(C)n([C@H]2CCN(c3nc(C)nc4c3CNC4)C2)n1. The predicted molar refractivity (Wildman–Crippen MR) is 84.9 cm³/mol. The van der Waals surface area contributed by atoms with Gasteiger partial charge in [0.15, 0.2) is 0 Å². The van der Waals surface area contributed by atoms with E-state index in [9.17, 15) is 0 Å². The Morgan fingerprint density at radius 1 is 1.18 bits per heavy atom. The molecule has 0 saturated carbocycles. The average molecular weight is 298 g/mol. The van der Waals surface area contributed by atoms with E-state index >= 15 is 0 Å². The van der Waals surface area contributed by atoms with E-state index in [0.29, 0.717) is 6.04 Å². The number of hydrogen-bond acceptors (Lipinski definition) is 5. The van der Waals surface area contributed by atoms with Crippen LogP contribution in [0.4, 0.5) is 5.82 Å². The normalized spacial score (nSPS) is 20.7. The molecule has 4 heterocycles. The first-order chi connectivity index (χ1) is 10.6. The predicted octanol–water partition coefficient (Wildman–Crippen LogP) is 1.65. The van der Waals surface area contributed by atoms with E-state index in [-0.39, 0.29) is 0 Å². The number of rotatable bonds is 2. The number of nitrogens with one attached hydrogen (secondary N) is 1. The summed E-state index contributed by atoms with van der Waals surface area (Å²) in [5.74, 6) is 1.99. The van der Waals surface area contributed by atoms with Crippen molar-refractivity contribution in [3.63, 3.8) is 0 Å². The van der Waals surface area contributed by atoms with Crippen LogP contribution in [-0.2, 0) is 13.1 Å². The molecule has 1 atom stereocenters. The molecular formula is C16H22N6. The maximum Gasteiger partial charge on any atom is 0.137 e. The summed E-state index contributed by atoms with van der Waals surface area (Å²) < 4.78 is 2.18. The minimum Gasteiger partial charge on any atom is -0.354 e. The summed E-state index contributed by atoms with van der Waals surface area (Å²) in [7, 11) is 0. The highest BCUT2D eigenvalue weighted by molar-refractivity contribution is 5.51. The van der Waals surface area contributed by atoms with Gasteiger partial charge in [-0.25, -0.2) is 9.97 Å². The third kappa shape index (κ3) is 2.18. The molecule has 4 rings (SSSR count). The second-order valence-electron chi connectivity index (χ2n) is 6.38. The Labute approximate surface area is 130 Å². The van der Waals surface area contributed by atoms with Crippen molar-refractivity contribution in [1.29, 1.82) is 0 Å². The van der Waals surface area contributed by atoms with Crippen LogP contribution < -0.4 is 10.2 Å². The first-order valence-corrected chi connectivity index (χ1v) is 7.96. The summed E-state index contributed by atoms with van der Waals surface area (Å²) in [6.45, 7) is 9.93. The Morgan fingerprint density at radius 2 is 2.05 bits per heavy atom. The van der Waals surface area contributed by atoms with Gasteiger partial charge in [-0.2, -0.15) is 5.10 Å². The summed E-state index contributed by atoms with van der Waals surface area (Å²) in [5, 5.41) is 8.04. The molecule has 2 aromatic heterocycles.